The van der Waals surface area contributed by atoms with Gasteiger partial charge in [-0.15, -0.1) is 32.9 Å². The summed E-state index contributed by atoms with van der Waals surface area (Å²) < 4.78 is 0. The minimum atomic E-state index is 0.246. The van der Waals surface area contributed by atoms with Crippen LogP contribution in [-0.2, 0) is 17.8 Å². The molecule has 0 aliphatic carbocycles. The lowest BCUT2D eigenvalue weighted by molar-refractivity contribution is -0.130. The van der Waals surface area contributed by atoms with Crippen LogP contribution >= 0.6 is 22.7 Å². The van der Waals surface area contributed by atoms with Gasteiger partial charge in [0.15, 0.2) is 0 Å². The predicted molar refractivity (Wildman–Crippen MR) is 89.1 cm³/mol. The second kappa shape index (κ2) is 7.30. The first-order valence-corrected chi connectivity index (χ1v) is 9.22. The van der Waals surface area contributed by atoms with E-state index in [1.807, 2.05) is 29.3 Å². The van der Waals surface area contributed by atoms with Crippen LogP contribution in [0.4, 0.5) is 0 Å². The highest BCUT2D eigenvalue weighted by molar-refractivity contribution is 7.11. The molecule has 0 saturated carbocycles. The van der Waals surface area contributed by atoms with Crippen LogP contribution in [0.15, 0.2) is 17.5 Å². The normalized spacial score (nSPS) is 16.7. The predicted octanol–water partition coefficient (Wildman–Crippen LogP) is 2.19. The summed E-state index contributed by atoms with van der Waals surface area (Å²) in [5.74, 6) is 0.246. The Labute approximate surface area is 138 Å². The van der Waals surface area contributed by atoms with Crippen LogP contribution in [0.1, 0.15) is 21.3 Å². The summed E-state index contributed by atoms with van der Waals surface area (Å²) in [7, 11) is 0. The quantitative estimate of drug-likeness (QED) is 0.859. The summed E-state index contributed by atoms with van der Waals surface area (Å²) in [6.45, 7) is 6.42. The highest BCUT2D eigenvalue weighted by Gasteiger charge is 2.20. The Morgan fingerprint density at radius 2 is 2.18 bits per heavy atom. The molecule has 1 aliphatic heterocycles. The van der Waals surface area contributed by atoms with Crippen molar-refractivity contribution in [1.82, 2.24) is 20.0 Å². The van der Waals surface area contributed by atoms with Crippen molar-refractivity contribution in [3.8, 4) is 0 Å². The van der Waals surface area contributed by atoms with Gasteiger partial charge < -0.3 is 4.90 Å². The van der Waals surface area contributed by atoms with Gasteiger partial charge in [0.05, 0.1) is 13.0 Å². The van der Waals surface area contributed by atoms with Gasteiger partial charge in [0, 0.05) is 31.1 Å². The molecule has 1 amide bonds. The summed E-state index contributed by atoms with van der Waals surface area (Å²) in [5, 5.41) is 12.4. The van der Waals surface area contributed by atoms with Crippen molar-refractivity contribution in [3.63, 3.8) is 0 Å². The van der Waals surface area contributed by atoms with Crippen LogP contribution in [-0.4, -0.2) is 52.1 Å². The van der Waals surface area contributed by atoms with E-state index >= 15 is 0 Å². The SMILES string of the molecule is Cc1nnc(CN2CCCN(C(=O)Cc3cccs3)CC2)s1. The van der Waals surface area contributed by atoms with E-state index in [0.29, 0.717) is 6.42 Å². The molecular weight excluding hydrogens is 316 g/mol. The van der Waals surface area contributed by atoms with Gasteiger partial charge in [-0.25, -0.2) is 0 Å². The number of thiophene rings is 1. The molecule has 1 fully saturated rings. The fourth-order valence-corrected chi connectivity index (χ4v) is 4.09. The molecule has 7 heteroatoms. The summed E-state index contributed by atoms with van der Waals surface area (Å²) >= 11 is 3.31. The lowest BCUT2D eigenvalue weighted by Crippen LogP contribution is -2.35. The maximum Gasteiger partial charge on any atom is 0.227 e. The number of aromatic nitrogens is 2. The maximum absolute atomic E-state index is 12.4. The van der Waals surface area contributed by atoms with Crippen molar-refractivity contribution >= 4 is 28.6 Å². The Morgan fingerprint density at radius 3 is 2.91 bits per heavy atom. The second-order valence-corrected chi connectivity index (χ2v) is 7.78. The third-order valence-corrected chi connectivity index (χ3v) is 5.47. The fraction of sp³-hybridized carbons (Fsp3) is 0.533. The number of nitrogens with zero attached hydrogens (tertiary/aromatic N) is 4. The van der Waals surface area contributed by atoms with E-state index in [2.05, 4.69) is 15.1 Å². The maximum atomic E-state index is 12.4. The molecule has 5 nitrogen and oxygen atoms in total. The lowest BCUT2D eigenvalue weighted by Gasteiger charge is -2.21. The zero-order chi connectivity index (χ0) is 15.4. The third-order valence-electron chi connectivity index (χ3n) is 3.77. The molecular formula is C15H20N4OS2. The highest BCUT2D eigenvalue weighted by Crippen LogP contribution is 2.15. The molecule has 2 aromatic heterocycles. The molecule has 0 spiro atoms. The molecule has 1 aliphatic rings. The molecule has 2 aromatic rings. The topological polar surface area (TPSA) is 49.3 Å². The molecule has 3 rings (SSSR count). The second-order valence-electron chi connectivity index (χ2n) is 5.48. The molecule has 118 valence electrons. The van der Waals surface area contributed by atoms with Gasteiger partial charge in [-0.05, 0) is 24.8 Å². The summed E-state index contributed by atoms with van der Waals surface area (Å²) in [6, 6.07) is 4.03. The standard InChI is InChI=1S/C15H20N4OS2/c1-12-16-17-14(22-12)11-18-5-3-6-19(8-7-18)15(20)10-13-4-2-9-21-13/h2,4,9H,3,5-8,10-11H2,1H3. The minimum absolute atomic E-state index is 0.246. The van der Waals surface area contributed by atoms with Crippen molar-refractivity contribution in [2.24, 2.45) is 0 Å². The van der Waals surface area contributed by atoms with Crippen LogP contribution in [0.2, 0.25) is 0 Å². The van der Waals surface area contributed by atoms with Crippen molar-refractivity contribution in [1.29, 1.82) is 0 Å². The van der Waals surface area contributed by atoms with Crippen molar-refractivity contribution < 1.29 is 4.79 Å². The molecule has 0 radical (unpaired) electrons. The third kappa shape index (κ3) is 4.12. The molecule has 0 aromatic carbocycles. The molecule has 0 atom stereocenters. The van der Waals surface area contributed by atoms with Crippen molar-refractivity contribution in [2.75, 3.05) is 26.2 Å². The number of hydrogen-bond donors (Lipinski definition) is 0. The van der Waals surface area contributed by atoms with Crippen LogP contribution in [0.5, 0.6) is 0 Å². The van der Waals surface area contributed by atoms with Gasteiger partial charge in [0.1, 0.15) is 10.0 Å². The fourth-order valence-electron chi connectivity index (χ4n) is 2.65. The number of hydrogen-bond acceptors (Lipinski definition) is 6. The Bertz CT molecular complexity index is 611. The molecule has 1 saturated heterocycles. The average molecular weight is 336 g/mol. The number of rotatable bonds is 4. The average Bonchev–Trinajstić information content (AvgIpc) is 3.07. The van der Waals surface area contributed by atoms with E-state index in [1.54, 1.807) is 22.7 Å². The highest BCUT2D eigenvalue weighted by atomic mass is 32.1. The molecule has 22 heavy (non-hydrogen) atoms. The lowest BCUT2D eigenvalue weighted by atomic mass is 10.3. The molecule has 0 bridgehead atoms. The number of carbonyl (C=O) groups excluding carboxylic acids is 1. The number of carbonyl (C=O) groups is 1. The summed E-state index contributed by atoms with van der Waals surface area (Å²) in [4.78, 5) is 17.9. The summed E-state index contributed by atoms with van der Waals surface area (Å²) in [6.07, 6.45) is 1.56. The molecule has 3 heterocycles. The Balaban J connectivity index is 1.52. The number of amides is 1. The van der Waals surface area contributed by atoms with Crippen LogP contribution in [0.3, 0.4) is 0 Å². The van der Waals surface area contributed by atoms with Gasteiger partial charge in [0.2, 0.25) is 5.91 Å². The Hall–Kier alpha value is -1.31. The first kappa shape index (κ1) is 15.6. The monoisotopic (exact) mass is 336 g/mol. The largest absolute Gasteiger partial charge is 0.341 e. The minimum Gasteiger partial charge on any atom is -0.341 e. The van der Waals surface area contributed by atoms with E-state index in [-0.39, 0.29) is 5.91 Å². The van der Waals surface area contributed by atoms with Crippen LogP contribution in [0, 0.1) is 6.92 Å². The van der Waals surface area contributed by atoms with Gasteiger partial charge in [-0.1, -0.05) is 6.07 Å². The van der Waals surface area contributed by atoms with Crippen LogP contribution < -0.4 is 0 Å². The van der Waals surface area contributed by atoms with Gasteiger partial charge in [-0.2, -0.15) is 0 Å². The van der Waals surface area contributed by atoms with Gasteiger partial charge in [0.25, 0.3) is 0 Å². The van der Waals surface area contributed by atoms with E-state index in [9.17, 15) is 4.79 Å². The Kier molecular flexibility index (Phi) is 5.17. The first-order valence-electron chi connectivity index (χ1n) is 7.52. The first-order chi connectivity index (χ1) is 10.7. The van der Waals surface area contributed by atoms with Gasteiger partial charge in [-0.3, -0.25) is 9.69 Å². The van der Waals surface area contributed by atoms with E-state index in [4.69, 9.17) is 0 Å². The smallest absolute Gasteiger partial charge is 0.227 e. The Morgan fingerprint density at radius 1 is 1.27 bits per heavy atom. The van der Waals surface area contributed by atoms with E-state index in [0.717, 1.165) is 54.0 Å². The van der Waals surface area contributed by atoms with Crippen molar-refractivity contribution in [2.45, 2.75) is 26.3 Å². The van der Waals surface area contributed by atoms with Crippen molar-refractivity contribution in [3.05, 3.63) is 32.4 Å². The summed E-state index contributed by atoms with van der Waals surface area (Å²) in [5.41, 5.74) is 0. The molecule has 0 N–H and O–H groups in total. The van der Waals surface area contributed by atoms with E-state index in [1.165, 1.54) is 0 Å². The zero-order valence-corrected chi connectivity index (χ0v) is 14.3. The zero-order valence-electron chi connectivity index (χ0n) is 12.7. The van der Waals surface area contributed by atoms with E-state index < -0.39 is 0 Å². The number of aryl methyl sites for hydroxylation is 1. The molecule has 0 unspecified atom stereocenters. The van der Waals surface area contributed by atoms with Crippen LogP contribution in [0.25, 0.3) is 0 Å². The van der Waals surface area contributed by atoms with Gasteiger partial charge >= 0.3 is 0 Å².